The van der Waals surface area contributed by atoms with Crippen LogP contribution in [0.4, 0.5) is 5.69 Å². The SMILES string of the molecule is Cc1cc(=O)c2c(N)ccc(C=O)c2o1. The lowest BCUT2D eigenvalue weighted by Crippen LogP contribution is -2.05. The van der Waals surface area contributed by atoms with Crippen molar-refractivity contribution in [2.75, 3.05) is 5.73 Å². The van der Waals surface area contributed by atoms with E-state index in [-0.39, 0.29) is 16.4 Å². The van der Waals surface area contributed by atoms with E-state index in [2.05, 4.69) is 0 Å². The third kappa shape index (κ3) is 1.40. The number of anilines is 1. The number of rotatable bonds is 1. The van der Waals surface area contributed by atoms with Crippen LogP contribution in [0.25, 0.3) is 11.0 Å². The molecule has 0 bridgehead atoms. The number of aryl methyl sites for hydroxylation is 1. The predicted molar refractivity (Wildman–Crippen MR) is 57.0 cm³/mol. The number of carbonyl (C=O) groups is 1. The fourth-order valence-electron chi connectivity index (χ4n) is 1.52. The number of nitrogen functional groups attached to an aromatic ring is 1. The highest BCUT2D eigenvalue weighted by Crippen LogP contribution is 2.21. The maximum absolute atomic E-state index is 11.6. The number of aldehydes is 1. The van der Waals surface area contributed by atoms with Crippen molar-refractivity contribution in [2.24, 2.45) is 0 Å². The summed E-state index contributed by atoms with van der Waals surface area (Å²) in [5, 5.41) is 0.269. The average Bonchev–Trinajstić information content (AvgIpc) is 2.17. The Balaban J connectivity index is 3.07. The molecule has 0 aliphatic rings. The summed E-state index contributed by atoms with van der Waals surface area (Å²) in [5.41, 5.74) is 6.34. The lowest BCUT2D eigenvalue weighted by Gasteiger charge is -2.03. The Kier molecular flexibility index (Phi) is 2.04. The van der Waals surface area contributed by atoms with Gasteiger partial charge in [-0.3, -0.25) is 9.59 Å². The van der Waals surface area contributed by atoms with E-state index in [9.17, 15) is 9.59 Å². The first-order chi connectivity index (χ1) is 7.13. The Morgan fingerprint density at radius 3 is 2.80 bits per heavy atom. The molecule has 2 N–H and O–H groups in total. The molecule has 0 amide bonds. The summed E-state index contributed by atoms with van der Waals surface area (Å²) in [6.07, 6.45) is 0.643. The van der Waals surface area contributed by atoms with E-state index >= 15 is 0 Å². The molecule has 4 nitrogen and oxygen atoms in total. The van der Waals surface area contributed by atoms with Crippen LogP contribution in [0.15, 0.2) is 27.4 Å². The van der Waals surface area contributed by atoms with Gasteiger partial charge in [0.15, 0.2) is 17.3 Å². The van der Waals surface area contributed by atoms with Gasteiger partial charge in [0.25, 0.3) is 0 Å². The summed E-state index contributed by atoms with van der Waals surface area (Å²) in [4.78, 5) is 22.4. The molecule has 2 rings (SSSR count). The first kappa shape index (κ1) is 9.45. The Hall–Kier alpha value is -2.10. The summed E-state index contributed by atoms with van der Waals surface area (Å²) in [6.45, 7) is 1.65. The van der Waals surface area contributed by atoms with Crippen molar-refractivity contribution in [2.45, 2.75) is 6.92 Å². The second kappa shape index (κ2) is 3.24. The molecule has 0 saturated heterocycles. The molecule has 0 saturated carbocycles. The first-order valence-electron chi connectivity index (χ1n) is 4.41. The van der Waals surface area contributed by atoms with Gasteiger partial charge in [-0.1, -0.05) is 0 Å². The van der Waals surface area contributed by atoms with E-state index in [0.29, 0.717) is 23.3 Å². The minimum atomic E-state index is -0.227. The Bertz CT molecular complexity index is 599. The molecule has 2 aromatic rings. The van der Waals surface area contributed by atoms with Crippen molar-refractivity contribution < 1.29 is 9.21 Å². The molecule has 0 spiro atoms. The van der Waals surface area contributed by atoms with Crippen LogP contribution in [0.3, 0.4) is 0 Å². The van der Waals surface area contributed by atoms with Gasteiger partial charge in [-0.15, -0.1) is 0 Å². The standard InChI is InChI=1S/C11H9NO3/c1-6-4-9(14)10-8(12)3-2-7(5-13)11(10)15-6/h2-5H,12H2,1H3. The lowest BCUT2D eigenvalue weighted by atomic mass is 10.1. The summed E-state index contributed by atoms with van der Waals surface area (Å²) in [6, 6.07) is 4.42. The highest BCUT2D eigenvalue weighted by Gasteiger charge is 2.09. The number of hydrogen-bond acceptors (Lipinski definition) is 4. The lowest BCUT2D eigenvalue weighted by molar-refractivity contribution is 0.112. The van der Waals surface area contributed by atoms with E-state index < -0.39 is 0 Å². The first-order valence-corrected chi connectivity index (χ1v) is 4.41. The third-order valence-electron chi connectivity index (χ3n) is 2.19. The number of nitrogens with two attached hydrogens (primary N) is 1. The molecule has 1 aromatic carbocycles. The molecule has 76 valence electrons. The maximum atomic E-state index is 11.6. The Labute approximate surface area is 85.3 Å². The van der Waals surface area contributed by atoms with Crippen LogP contribution < -0.4 is 11.2 Å². The monoisotopic (exact) mass is 203 g/mol. The van der Waals surface area contributed by atoms with Crippen LogP contribution >= 0.6 is 0 Å². The highest BCUT2D eigenvalue weighted by molar-refractivity contribution is 5.99. The average molecular weight is 203 g/mol. The minimum absolute atomic E-state index is 0.227. The van der Waals surface area contributed by atoms with Gasteiger partial charge in [0.2, 0.25) is 0 Å². The van der Waals surface area contributed by atoms with Crippen molar-refractivity contribution in [3.63, 3.8) is 0 Å². The van der Waals surface area contributed by atoms with Crippen LogP contribution in [0, 0.1) is 6.92 Å². The van der Waals surface area contributed by atoms with E-state index in [1.807, 2.05) is 0 Å². The quantitative estimate of drug-likeness (QED) is 0.563. The fourth-order valence-corrected chi connectivity index (χ4v) is 1.52. The van der Waals surface area contributed by atoms with Gasteiger partial charge < -0.3 is 10.2 Å². The normalized spacial score (nSPS) is 10.5. The second-order valence-electron chi connectivity index (χ2n) is 3.29. The second-order valence-corrected chi connectivity index (χ2v) is 3.29. The molecule has 0 aliphatic heterocycles. The molecular formula is C11H9NO3. The Morgan fingerprint density at radius 2 is 2.13 bits per heavy atom. The van der Waals surface area contributed by atoms with Gasteiger partial charge in [-0.05, 0) is 19.1 Å². The zero-order chi connectivity index (χ0) is 11.0. The molecule has 15 heavy (non-hydrogen) atoms. The van der Waals surface area contributed by atoms with Gasteiger partial charge >= 0.3 is 0 Å². The van der Waals surface area contributed by atoms with Crippen LogP contribution in [0.1, 0.15) is 16.1 Å². The fraction of sp³-hybridized carbons (Fsp3) is 0.0909. The Morgan fingerprint density at radius 1 is 1.40 bits per heavy atom. The molecule has 0 unspecified atom stereocenters. The molecule has 4 heteroatoms. The summed E-state index contributed by atoms with van der Waals surface area (Å²) < 4.78 is 5.33. The van der Waals surface area contributed by atoms with Gasteiger partial charge in [0, 0.05) is 11.8 Å². The molecule has 0 aliphatic carbocycles. The van der Waals surface area contributed by atoms with Crippen LogP contribution in [-0.2, 0) is 0 Å². The summed E-state index contributed by atoms with van der Waals surface area (Å²) >= 11 is 0. The van der Waals surface area contributed by atoms with E-state index in [1.165, 1.54) is 18.2 Å². The van der Waals surface area contributed by atoms with Crippen LogP contribution in [-0.4, -0.2) is 6.29 Å². The number of fused-ring (bicyclic) bond motifs is 1. The van der Waals surface area contributed by atoms with Crippen molar-refractivity contribution in [1.82, 2.24) is 0 Å². The number of hydrogen-bond donors (Lipinski definition) is 1. The van der Waals surface area contributed by atoms with Gasteiger partial charge in [0.05, 0.1) is 10.9 Å². The van der Waals surface area contributed by atoms with Gasteiger partial charge in [-0.2, -0.15) is 0 Å². The van der Waals surface area contributed by atoms with E-state index in [4.69, 9.17) is 10.2 Å². The summed E-state index contributed by atoms with van der Waals surface area (Å²) in [5.74, 6) is 0.459. The highest BCUT2D eigenvalue weighted by atomic mass is 16.3. The van der Waals surface area contributed by atoms with Gasteiger partial charge in [0.1, 0.15) is 5.76 Å². The smallest absolute Gasteiger partial charge is 0.195 e. The third-order valence-corrected chi connectivity index (χ3v) is 2.19. The van der Waals surface area contributed by atoms with Crippen molar-refractivity contribution in [3.05, 3.63) is 39.7 Å². The zero-order valence-corrected chi connectivity index (χ0v) is 8.11. The molecule has 0 atom stereocenters. The van der Waals surface area contributed by atoms with E-state index in [0.717, 1.165) is 0 Å². The largest absolute Gasteiger partial charge is 0.460 e. The molecule has 1 heterocycles. The van der Waals surface area contributed by atoms with Crippen molar-refractivity contribution in [1.29, 1.82) is 0 Å². The number of benzene rings is 1. The predicted octanol–water partition coefficient (Wildman–Crippen LogP) is 1.50. The van der Waals surface area contributed by atoms with Gasteiger partial charge in [-0.25, -0.2) is 0 Å². The minimum Gasteiger partial charge on any atom is -0.460 e. The topological polar surface area (TPSA) is 73.3 Å². The molecular weight excluding hydrogens is 194 g/mol. The van der Waals surface area contributed by atoms with Crippen molar-refractivity contribution >= 4 is 22.9 Å². The van der Waals surface area contributed by atoms with Crippen LogP contribution in [0.5, 0.6) is 0 Å². The molecule has 0 fully saturated rings. The van der Waals surface area contributed by atoms with Crippen molar-refractivity contribution in [3.8, 4) is 0 Å². The summed E-state index contributed by atoms with van der Waals surface area (Å²) in [7, 11) is 0. The molecule has 1 aromatic heterocycles. The molecule has 0 radical (unpaired) electrons. The van der Waals surface area contributed by atoms with E-state index in [1.54, 1.807) is 6.92 Å². The number of carbonyl (C=O) groups excluding carboxylic acids is 1. The maximum Gasteiger partial charge on any atom is 0.195 e. The zero-order valence-electron chi connectivity index (χ0n) is 8.11. The van der Waals surface area contributed by atoms with Crippen LogP contribution in [0.2, 0.25) is 0 Å².